The summed E-state index contributed by atoms with van der Waals surface area (Å²) in [5.41, 5.74) is 0. The molecule has 0 aromatic rings. The number of hydrogen-bond donors (Lipinski definition) is 3. The average molecular weight is 1340 g/mol. The molecule has 5 atom stereocenters. The molecule has 0 aliphatic carbocycles. The van der Waals surface area contributed by atoms with Crippen LogP contribution in [0.25, 0.3) is 0 Å². The van der Waals surface area contributed by atoms with Gasteiger partial charge in [-0.05, 0) is 25.7 Å². The number of aliphatic hydroxyl groups excluding tert-OH is 1. The SMILES string of the molecule is CCCCCCCCCCCCCCCCCCC(=O)OC[C@H](COP(=O)(O)OC[C@@H](O)COP(=O)(O)OC[C@@H](COC(=O)CCCCCCCCCC)OC(=O)CCCCCCCCCCCCC)OC(=O)CCCCCCCCCCCCCCCCCC. The van der Waals surface area contributed by atoms with Gasteiger partial charge in [0.25, 0.3) is 0 Å². The van der Waals surface area contributed by atoms with Gasteiger partial charge in [0.05, 0.1) is 26.4 Å². The van der Waals surface area contributed by atoms with E-state index in [-0.39, 0.29) is 25.7 Å². The van der Waals surface area contributed by atoms with Crippen LogP contribution >= 0.6 is 15.6 Å². The van der Waals surface area contributed by atoms with Gasteiger partial charge < -0.3 is 33.8 Å². The monoisotopic (exact) mass is 1340 g/mol. The van der Waals surface area contributed by atoms with E-state index in [0.29, 0.717) is 25.7 Å². The first kappa shape index (κ1) is 89.1. The fourth-order valence-corrected chi connectivity index (χ4v) is 12.6. The summed E-state index contributed by atoms with van der Waals surface area (Å²) in [6.07, 6.45) is 55.4. The Hall–Kier alpha value is -1.94. The molecule has 0 saturated carbocycles. The van der Waals surface area contributed by atoms with Gasteiger partial charge in [-0.25, -0.2) is 9.13 Å². The molecule has 0 aliphatic heterocycles. The van der Waals surface area contributed by atoms with Crippen LogP contribution in [-0.2, 0) is 65.4 Å². The molecule has 2 unspecified atom stereocenters. The largest absolute Gasteiger partial charge is 0.472 e. The predicted octanol–water partition coefficient (Wildman–Crippen LogP) is 21.1. The third-order valence-corrected chi connectivity index (χ3v) is 18.8. The summed E-state index contributed by atoms with van der Waals surface area (Å²) < 4.78 is 68.3. The fraction of sp³-hybridized carbons (Fsp3) is 0.944. The van der Waals surface area contributed by atoms with Crippen LogP contribution in [-0.4, -0.2) is 96.7 Å². The first-order chi connectivity index (χ1) is 44.2. The minimum Gasteiger partial charge on any atom is -0.462 e. The maximum absolute atomic E-state index is 13.0. The lowest BCUT2D eigenvalue weighted by Gasteiger charge is -2.21. The van der Waals surface area contributed by atoms with E-state index in [9.17, 15) is 43.2 Å². The molecule has 540 valence electrons. The van der Waals surface area contributed by atoms with Crippen LogP contribution in [0.1, 0.15) is 381 Å². The van der Waals surface area contributed by atoms with Gasteiger partial charge >= 0.3 is 39.5 Å². The number of unbranched alkanes of at least 4 members (excludes halogenated alkanes) is 47. The van der Waals surface area contributed by atoms with Crippen molar-refractivity contribution in [1.29, 1.82) is 0 Å². The van der Waals surface area contributed by atoms with Crippen LogP contribution in [0.2, 0.25) is 0 Å². The number of phosphoric acid groups is 2. The van der Waals surface area contributed by atoms with E-state index in [2.05, 4.69) is 27.7 Å². The maximum Gasteiger partial charge on any atom is 0.472 e. The van der Waals surface area contributed by atoms with Gasteiger partial charge in [0, 0.05) is 25.7 Å². The Labute approximate surface area is 556 Å². The molecule has 3 N–H and O–H groups in total. The van der Waals surface area contributed by atoms with Crippen molar-refractivity contribution in [1.82, 2.24) is 0 Å². The standard InChI is InChI=1S/C72H140O17P2/c1-5-9-13-17-21-25-28-30-32-34-36-39-41-45-49-53-57-70(75)83-63-68(89-72(77)59-55-51-47-43-40-37-35-33-31-29-26-22-18-14-10-6-2)65-87-91(80,81)85-61-66(73)60-84-90(78,79)86-64-67(62-82-69(74)56-52-48-44-24-20-16-12-8-4)88-71(76)58-54-50-46-42-38-27-23-19-15-11-7-3/h66-68,73H,5-65H2,1-4H3,(H,78,79)(H,80,81)/t66-,67+,68+/m0/s1. The predicted molar refractivity (Wildman–Crippen MR) is 368 cm³/mol. The topological polar surface area (TPSA) is 237 Å². The Bertz CT molecular complexity index is 1740. The number of carbonyl (C=O) groups excluding carboxylic acids is 4. The smallest absolute Gasteiger partial charge is 0.462 e. The number of carbonyl (C=O) groups is 4. The molecule has 0 spiro atoms. The number of ether oxygens (including phenoxy) is 4. The molecule has 0 bridgehead atoms. The van der Waals surface area contributed by atoms with Gasteiger partial charge in [0.2, 0.25) is 0 Å². The zero-order valence-electron chi connectivity index (χ0n) is 58.8. The molecule has 0 radical (unpaired) electrons. The molecule has 0 fully saturated rings. The Morgan fingerprint density at radius 1 is 0.264 bits per heavy atom. The lowest BCUT2D eigenvalue weighted by atomic mass is 10.0. The van der Waals surface area contributed by atoms with Gasteiger partial charge in [0.15, 0.2) is 12.2 Å². The van der Waals surface area contributed by atoms with Crippen molar-refractivity contribution in [3.8, 4) is 0 Å². The maximum atomic E-state index is 13.0. The average Bonchev–Trinajstić information content (AvgIpc) is 2.36. The van der Waals surface area contributed by atoms with E-state index in [4.69, 9.17) is 37.0 Å². The minimum absolute atomic E-state index is 0.107. The zero-order chi connectivity index (χ0) is 66.8. The lowest BCUT2D eigenvalue weighted by Crippen LogP contribution is -2.30. The first-order valence-electron chi connectivity index (χ1n) is 37.8. The van der Waals surface area contributed by atoms with E-state index >= 15 is 0 Å². The Morgan fingerprint density at radius 3 is 0.648 bits per heavy atom. The van der Waals surface area contributed by atoms with Crippen LogP contribution in [0.4, 0.5) is 0 Å². The molecule has 17 nitrogen and oxygen atoms in total. The summed E-state index contributed by atoms with van der Waals surface area (Å²) in [5, 5.41) is 10.6. The number of esters is 4. The summed E-state index contributed by atoms with van der Waals surface area (Å²) in [7, 11) is -9.90. The molecule has 91 heavy (non-hydrogen) atoms. The van der Waals surface area contributed by atoms with Crippen molar-refractivity contribution in [3.63, 3.8) is 0 Å². The van der Waals surface area contributed by atoms with Crippen LogP contribution < -0.4 is 0 Å². The van der Waals surface area contributed by atoms with Gasteiger partial charge in [0.1, 0.15) is 19.3 Å². The van der Waals surface area contributed by atoms with Crippen LogP contribution in [0.3, 0.4) is 0 Å². The van der Waals surface area contributed by atoms with Crippen LogP contribution in [0, 0.1) is 0 Å². The van der Waals surface area contributed by atoms with Crippen molar-refractivity contribution in [2.75, 3.05) is 39.6 Å². The minimum atomic E-state index is -4.95. The van der Waals surface area contributed by atoms with Gasteiger partial charge in [-0.3, -0.25) is 37.3 Å². The van der Waals surface area contributed by atoms with Crippen molar-refractivity contribution < 1.29 is 80.2 Å². The van der Waals surface area contributed by atoms with E-state index in [1.54, 1.807) is 0 Å². The second-order valence-corrected chi connectivity index (χ2v) is 28.9. The van der Waals surface area contributed by atoms with Crippen molar-refractivity contribution in [3.05, 3.63) is 0 Å². The van der Waals surface area contributed by atoms with E-state index in [1.165, 1.54) is 205 Å². The molecular weight excluding hydrogens is 1200 g/mol. The van der Waals surface area contributed by atoms with Gasteiger partial charge in [-0.1, -0.05) is 329 Å². The molecule has 0 saturated heterocycles. The Balaban J connectivity index is 5.21. The molecule has 0 rings (SSSR count). The van der Waals surface area contributed by atoms with E-state index in [0.717, 1.165) is 96.3 Å². The molecule has 19 heteroatoms. The number of aliphatic hydroxyl groups is 1. The highest BCUT2D eigenvalue weighted by molar-refractivity contribution is 7.47. The zero-order valence-corrected chi connectivity index (χ0v) is 60.6. The number of hydrogen-bond acceptors (Lipinski definition) is 15. The van der Waals surface area contributed by atoms with Gasteiger partial charge in [-0.2, -0.15) is 0 Å². The molecule has 0 amide bonds. The lowest BCUT2D eigenvalue weighted by molar-refractivity contribution is -0.161. The summed E-state index contributed by atoms with van der Waals surface area (Å²) in [4.78, 5) is 72.5. The highest BCUT2D eigenvalue weighted by Crippen LogP contribution is 2.45. The normalized spacial score (nSPS) is 14.0. The van der Waals surface area contributed by atoms with Crippen LogP contribution in [0.5, 0.6) is 0 Å². The molecule has 0 aromatic heterocycles. The summed E-state index contributed by atoms with van der Waals surface area (Å²) in [5.74, 6) is -2.12. The Morgan fingerprint density at radius 2 is 0.440 bits per heavy atom. The quantitative estimate of drug-likeness (QED) is 0.0222. The number of rotatable bonds is 73. The molecule has 0 aliphatic rings. The fourth-order valence-electron chi connectivity index (χ4n) is 11.0. The second-order valence-electron chi connectivity index (χ2n) is 26.0. The highest BCUT2D eigenvalue weighted by Gasteiger charge is 2.30. The second kappa shape index (κ2) is 66.7. The highest BCUT2D eigenvalue weighted by atomic mass is 31.2. The van der Waals surface area contributed by atoms with Crippen LogP contribution in [0.15, 0.2) is 0 Å². The first-order valence-corrected chi connectivity index (χ1v) is 40.8. The van der Waals surface area contributed by atoms with Crippen molar-refractivity contribution in [2.24, 2.45) is 0 Å². The summed E-state index contributed by atoms with van der Waals surface area (Å²) in [6, 6.07) is 0. The van der Waals surface area contributed by atoms with E-state index in [1.807, 2.05) is 0 Å². The van der Waals surface area contributed by atoms with E-state index < -0.39 is 97.5 Å². The molecular formula is C72H140O17P2. The van der Waals surface area contributed by atoms with Gasteiger partial charge in [-0.15, -0.1) is 0 Å². The van der Waals surface area contributed by atoms with Crippen molar-refractivity contribution >= 4 is 39.5 Å². The Kier molecular flexibility index (Phi) is 65.2. The van der Waals surface area contributed by atoms with Crippen molar-refractivity contribution in [2.45, 2.75) is 399 Å². The third-order valence-electron chi connectivity index (χ3n) is 16.9. The third kappa shape index (κ3) is 66.5. The summed E-state index contributed by atoms with van der Waals surface area (Å²) >= 11 is 0. The summed E-state index contributed by atoms with van der Waals surface area (Å²) in [6.45, 7) is 4.94. The molecule has 0 aromatic carbocycles. The number of phosphoric ester groups is 2. The molecule has 0 heterocycles.